The van der Waals surface area contributed by atoms with Gasteiger partial charge in [-0.05, 0) is 92.3 Å². The number of aryl methyl sites for hydroxylation is 2. The molecule has 0 atom stereocenters. The zero-order valence-corrected chi connectivity index (χ0v) is 18.6. The summed E-state index contributed by atoms with van der Waals surface area (Å²) in [4.78, 5) is 11.6. The quantitative estimate of drug-likeness (QED) is 0.373. The van der Waals surface area contributed by atoms with Gasteiger partial charge in [0.1, 0.15) is 5.82 Å². The second-order valence-corrected chi connectivity index (χ2v) is 8.79. The summed E-state index contributed by atoms with van der Waals surface area (Å²) in [7, 11) is 0. The molecule has 4 aromatic rings. The van der Waals surface area contributed by atoms with Crippen molar-refractivity contribution >= 4 is 11.0 Å². The lowest BCUT2D eigenvalue weighted by Gasteiger charge is -2.26. The van der Waals surface area contributed by atoms with Crippen LogP contribution in [0, 0.1) is 12.7 Å². The molecule has 5 heteroatoms. The molecule has 0 N–H and O–H groups in total. The Kier molecular flexibility index (Phi) is 5.99. The number of fused-ring (bicyclic) bond motifs is 1. The van der Waals surface area contributed by atoms with Crippen LogP contribution in [-0.4, -0.2) is 39.1 Å². The summed E-state index contributed by atoms with van der Waals surface area (Å²) < 4.78 is 16.6. The molecule has 5 rings (SSSR count). The minimum absolute atomic E-state index is 0.192. The van der Waals surface area contributed by atoms with E-state index in [1.54, 1.807) is 19.2 Å². The van der Waals surface area contributed by atoms with Gasteiger partial charge in [0.25, 0.3) is 0 Å². The van der Waals surface area contributed by atoms with Crippen LogP contribution in [0.2, 0.25) is 0 Å². The maximum Gasteiger partial charge on any atom is 0.126 e. The van der Waals surface area contributed by atoms with E-state index in [4.69, 9.17) is 0 Å². The van der Waals surface area contributed by atoms with E-state index in [-0.39, 0.29) is 5.82 Å². The lowest BCUT2D eigenvalue weighted by Crippen LogP contribution is -2.31. The van der Waals surface area contributed by atoms with E-state index in [1.165, 1.54) is 32.4 Å². The van der Waals surface area contributed by atoms with Crippen LogP contribution in [0.1, 0.15) is 31.2 Å². The third-order valence-electron chi connectivity index (χ3n) is 6.54. The van der Waals surface area contributed by atoms with Crippen molar-refractivity contribution in [3.8, 4) is 22.3 Å². The number of nitrogens with zero attached hydrogens (tertiary/aromatic N) is 4. The Balaban J connectivity index is 1.50. The minimum Gasteiger partial charge on any atom is -0.331 e. The van der Waals surface area contributed by atoms with Gasteiger partial charge >= 0.3 is 0 Å². The van der Waals surface area contributed by atoms with Crippen molar-refractivity contribution in [2.24, 2.45) is 0 Å². The van der Waals surface area contributed by atoms with E-state index in [9.17, 15) is 4.39 Å². The molecule has 0 saturated carbocycles. The van der Waals surface area contributed by atoms with Gasteiger partial charge in [-0.2, -0.15) is 0 Å². The van der Waals surface area contributed by atoms with Crippen LogP contribution in [0.15, 0.2) is 61.2 Å². The molecular weight excluding hydrogens is 399 g/mol. The topological polar surface area (TPSA) is 34.0 Å². The van der Waals surface area contributed by atoms with Crippen LogP contribution in [0.5, 0.6) is 0 Å². The number of pyridine rings is 1. The first kappa shape index (κ1) is 20.8. The zero-order chi connectivity index (χ0) is 21.9. The Bertz CT molecular complexity index is 1210. The lowest BCUT2D eigenvalue weighted by atomic mass is 9.94. The van der Waals surface area contributed by atoms with Gasteiger partial charge in [-0.3, -0.25) is 4.98 Å². The van der Waals surface area contributed by atoms with Crippen molar-refractivity contribution < 1.29 is 4.39 Å². The predicted molar refractivity (Wildman–Crippen MR) is 128 cm³/mol. The standard InChI is InChI=1S/C27H29FN4/c1-20-8-9-21(15-25(20)28)23-16-26-27(17-24(23)22-7-5-10-29-18-22)32(19-30-26)14-6-13-31-11-3-2-4-12-31/h5,7-10,15-19H,2-4,6,11-14H2,1H3. The molecule has 3 heterocycles. The first-order valence-corrected chi connectivity index (χ1v) is 11.6. The summed E-state index contributed by atoms with van der Waals surface area (Å²) in [6.45, 7) is 6.32. The molecule has 164 valence electrons. The molecular formula is C27H29FN4. The maximum absolute atomic E-state index is 14.4. The first-order valence-electron chi connectivity index (χ1n) is 11.6. The number of benzene rings is 2. The van der Waals surface area contributed by atoms with E-state index in [0.717, 1.165) is 52.8 Å². The molecule has 1 saturated heterocycles. The summed E-state index contributed by atoms with van der Waals surface area (Å²) >= 11 is 0. The smallest absolute Gasteiger partial charge is 0.126 e. The average molecular weight is 429 g/mol. The molecule has 0 bridgehead atoms. The van der Waals surface area contributed by atoms with E-state index in [2.05, 4.69) is 37.6 Å². The molecule has 4 nitrogen and oxygen atoms in total. The molecule has 2 aromatic heterocycles. The van der Waals surface area contributed by atoms with Crippen molar-refractivity contribution in [1.29, 1.82) is 0 Å². The van der Waals surface area contributed by atoms with Crippen molar-refractivity contribution in [2.75, 3.05) is 19.6 Å². The van der Waals surface area contributed by atoms with Crippen LogP contribution in [-0.2, 0) is 6.54 Å². The molecule has 1 aliphatic rings. The number of imidazole rings is 1. The predicted octanol–water partition coefficient (Wildman–Crippen LogP) is 6.09. The van der Waals surface area contributed by atoms with Gasteiger partial charge in [-0.1, -0.05) is 24.6 Å². The normalized spacial score (nSPS) is 14.8. The van der Waals surface area contributed by atoms with Crippen molar-refractivity contribution in [2.45, 2.75) is 39.2 Å². The minimum atomic E-state index is -0.192. The van der Waals surface area contributed by atoms with Crippen LogP contribution in [0.4, 0.5) is 4.39 Å². The number of aromatic nitrogens is 3. The van der Waals surface area contributed by atoms with E-state index in [0.29, 0.717) is 5.56 Å². The third-order valence-corrected chi connectivity index (χ3v) is 6.54. The van der Waals surface area contributed by atoms with Crippen molar-refractivity contribution in [1.82, 2.24) is 19.4 Å². The van der Waals surface area contributed by atoms with Gasteiger partial charge in [-0.25, -0.2) is 9.37 Å². The van der Waals surface area contributed by atoms with Crippen molar-refractivity contribution in [3.05, 3.63) is 72.6 Å². The number of likely N-dealkylation sites (tertiary alicyclic amines) is 1. The van der Waals surface area contributed by atoms with Gasteiger partial charge in [0.2, 0.25) is 0 Å². The number of hydrogen-bond donors (Lipinski definition) is 0. The van der Waals surface area contributed by atoms with Gasteiger partial charge in [0.05, 0.1) is 17.4 Å². The second kappa shape index (κ2) is 9.21. The average Bonchev–Trinajstić information content (AvgIpc) is 3.23. The number of hydrogen-bond acceptors (Lipinski definition) is 3. The fourth-order valence-corrected chi connectivity index (χ4v) is 4.69. The van der Waals surface area contributed by atoms with Gasteiger partial charge in [-0.15, -0.1) is 0 Å². The summed E-state index contributed by atoms with van der Waals surface area (Å²) in [6.07, 6.45) is 10.7. The highest BCUT2D eigenvalue weighted by atomic mass is 19.1. The molecule has 1 fully saturated rings. The molecule has 32 heavy (non-hydrogen) atoms. The summed E-state index contributed by atoms with van der Waals surface area (Å²) in [5.74, 6) is -0.192. The van der Waals surface area contributed by atoms with Crippen LogP contribution in [0.3, 0.4) is 0 Å². The largest absolute Gasteiger partial charge is 0.331 e. The molecule has 0 aliphatic carbocycles. The molecule has 0 spiro atoms. The van der Waals surface area contributed by atoms with E-state index in [1.807, 2.05) is 30.7 Å². The van der Waals surface area contributed by atoms with Crippen LogP contribution in [0.25, 0.3) is 33.3 Å². The molecule has 0 radical (unpaired) electrons. The van der Waals surface area contributed by atoms with E-state index >= 15 is 0 Å². The third kappa shape index (κ3) is 4.30. The Morgan fingerprint density at radius 3 is 2.56 bits per heavy atom. The van der Waals surface area contributed by atoms with Gasteiger partial charge < -0.3 is 9.47 Å². The Morgan fingerprint density at radius 1 is 0.938 bits per heavy atom. The fourth-order valence-electron chi connectivity index (χ4n) is 4.69. The van der Waals surface area contributed by atoms with Crippen LogP contribution < -0.4 is 0 Å². The fraction of sp³-hybridized carbons (Fsp3) is 0.333. The lowest BCUT2D eigenvalue weighted by molar-refractivity contribution is 0.223. The SMILES string of the molecule is Cc1ccc(-c2cc3ncn(CCCN4CCCCC4)c3cc2-c2cccnc2)cc1F. The zero-order valence-electron chi connectivity index (χ0n) is 18.6. The van der Waals surface area contributed by atoms with Gasteiger partial charge in [0.15, 0.2) is 0 Å². The highest BCUT2D eigenvalue weighted by Crippen LogP contribution is 2.36. The molecule has 2 aromatic carbocycles. The number of halogens is 1. The molecule has 0 unspecified atom stereocenters. The Labute approximate surface area is 188 Å². The number of piperidine rings is 1. The number of rotatable bonds is 6. The van der Waals surface area contributed by atoms with E-state index < -0.39 is 0 Å². The van der Waals surface area contributed by atoms with Gasteiger partial charge in [0, 0.05) is 24.5 Å². The van der Waals surface area contributed by atoms with Crippen molar-refractivity contribution in [3.63, 3.8) is 0 Å². The molecule has 0 amide bonds. The summed E-state index contributed by atoms with van der Waals surface area (Å²) in [5, 5.41) is 0. The monoisotopic (exact) mass is 428 g/mol. The maximum atomic E-state index is 14.4. The first-order chi connectivity index (χ1) is 15.7. The summed E-state index contributed by atoms with van der Waals surface area (Å²) in [5.41, 5.74) is 6.59. The highest BCUT2D eigenvalue weighted by molar-refractivity contribution is 5.93. The van der Waals surface area contributed by atoms with Crippen LogP contribution >= 0.6 is 0 Å². The Hall–Kier alpha value is -3.05. The second-order valence-electron chi connectivity index (χ2n) is 8.79. The highest BCUT2D eigenvalue weighted by Gasteiger charge is 2.15. The molecule has 1 aliphatic heterocycles. The summed E-state index contributed by atoms with van der Waals surface area (Å²) in [6, 6.07) is 13.7. The Morgan fingerprint density at radius 2 is 1.78 bits per heavy atom.